The molecule has 1 aromatic heterocycles. The molecular weight excluding hydrogens is 224 g/mol. The van der Waals surface area contributed by atoms with Crippen molar-refractivity contribution in [2.75, 3.05) is 5.73 Å². The molecular formula is C11H17ClN4. The Morgan fingerprint density at radius 2 is 1.88 bits per heavy atom. The summed E-state index contributed by atoms with van der Waals surface area (Å²) < 4.78 is 0. The van der Waals surface area contributed by atoms with Crippen molar-refractivity contribution in [3.8, 4) is 0 Å². The summed E-state index contributed by atoms with van der Waals surface area (Å²) >= 11 is 5.73. The van der Waals surface area contributed by atoms with Gasteiger partial charge in [-0.25, -0.2) is 4.98 Å². The highest BCUT2D eigenvalue weighted by atomic mass is 35.5. The van der Waals surface area contributed by atoms with Crippen LogP contribution in [0.2, 0.25) is 5.28 Å². The fourth-order valence-electron chi connectivity index (χ4n) is 2.33. The SMILES string of the molecule is Nc1nc(Cl)nc(CCC2CCCCC2)n1. The number of aromatic nitrogens is 3. The first-order valence-electron chi connectivity index (χ1n) is 5.90. The van der Waals surface area contributed by atoms with Gasteiger partial charge >= 0.3 is 0 Å². The maximum atomic E-state index is 5.73. The lowest BCUT2D eigenvalue weighted by Gasteiger charge is -2.20. The van der Waals surface area contributed by atoms with Crippen LogP contribution < -0.4 is 5.73 Å². The molecule has 2 N–H and O–H groups in total. The summed E-state index contributed by atoms with van der Waals surface area (Å²) in [5.41, 5.74) is 5.52. The van der Waals surface area contributed by atoms with Gasteiger partial charge < -0.3 is 5.73 Å². The molecule has 1 fully saturated rings. The first-order chi connectivity index (χ1) is 7.74. The number of nitrogen functional groups attached to an aromatic ring is 1. The van der Waals surface area contributed by atoms with Gasteiger partial charge in [0, 0.05) is 6.42 Å². The van der Waals surface area contributed by atoms with Crippen LogP contribution in [0.25, 0.3) is 0 Å². The van der Waals surface area contributed by atoms with Crippen LogP contribution >= 0.6 is 11.6 Å². The minimum atomic E-state index is 0.200. The molecule has 5 heteroatoms. The molecule has 0 radical (unpaired) electrons. The van der Waals surface area contributed by atoms with E-state index >= 15 is 0 Å². The molecule has 0 unspecified atom stereocenters. The van der Waals surface area contributed by atoms with Gasteiger partial charge in [-0.05, 0) is 23.9 Å². The highest BCUT2D eigenvalue weighted by molar-refractivity contribution is 6.28. The van der Waals surface area contributed by atoms with Gasteiger partial charge in [0.05, 0.1) is 0 Å². The molecule has 1 heterocycles. The Bertz CT molecular complexity index is 330. The third kappa shape index (κ3) is 3.30. The summed E-state index contributed by atoms with van der Waals surface area (Å²) in [5.74, 6) is 1.77. The Kier molecular flexibility index (Phi) is 3.93. The first-order valence-corrected chi connectivity index (χ1v) is 6.28. The van der Waals surface area contributed by atoms with Gasteiger partial charge in [-0.3, -0.25) is 0 Å². The molecule has 0 atom stereocenters. The van der Waals surface area contributed by atoms with E-state index in [1.165, 1.54) is 32.1 Å². The third-order valence-corrected chi connectivity index (χ3v) is 3.34. The zero-order valence-corrected chi connectivity index (χ0v) is 10.1. The van der Waals surface area contributed by atoms with Crippen LogP contribution in [-0.2, 0) is 6.42 Å². The summed E-state index contributed by atoms with van der Waals surface area (Å²) in [6.45, 7) is 0. The van der Waals surface area contributed by atoms with Crippen molar-refractivity contribution >= 4 is 17.5 Å². The Hall–Kier alpha value is -0.900. The summed E-state index contributed by atoms with van der Waals surface area (Å²) in [4.78, 5) is 11.9. The van der Waals surface area contributed by atoms with E-state index in [4.69, 9.17) is 17.3 Å². The van der Waals surface area contributed by atoms with Crippen LogP contribution in [0.5, 0.6) is 0 Å². The van der Waals surface area contributed by atoms with Crippen molar-refractivity contribution in [2.45, 2.75) is 44.9 Å². The number of hydrogen-bond acceptors (Lipinski definition) is 4. The monoisotopic (exact) mass is 240 g/mol. The highest BCUT2D eigenvalue weighted by Crippen LogP contribution is 2.27. The van der Waals surface area contributed by atoms with Crippen molar-refractivity contribution < 1.29 is 0 Å². The summed E-state index contributed by atoms with van der Waals surface area (Å²) in [6, 6.07) is 0. The van der Waals surface area contributed by atoms with Crippen LogP contribution in [0.3, 0.4) is 0 Å². The lowest BCUT2D eigenvalue weighted by Crippen LogP contribution is -2.09. The first kappa shape index (κ1) is 11.6. The molecule has 88 valence electrons. The molecule has 0 bridgehead atoms. The Balaban J connectivity index is 1.88. The van der Waals surface area contributed by atoms with Crippen molar-refractivity contribution in [2.24, 2.45) is 5.92 Å². The highest BCUT2D eigenvalue weighted by Gasteiger charge is 2.14. The minimum absolute atomic E-state index is 0.200. The molecule has 1 aliphatic rings. The van der Waals surface area contributed by atoms with Crippen LogP contribution in [0.15, 0.2) is 0 Å². The van der Waals surface area contributed by atoms with E-state index in [2.05, 4.69) is 15.0 Å². The van der Waals surface area contributed by atoms with E-state index < -0.39 is 0 Å². The fourth-order valence-corrected chi connectivity index (χ4v) is 2.51. The number of rotatable bonds is 3. The average molecular weight is 241 g/mol. The largest absolute Gasteiger partial charge is 0.368 e. The molecule has 0 aliphatic heterocycles. The lowest BCUT2D eigenvalue weighted by atomic mass is 9.86. The van der Waals surface area contributed by atoms with Crippen molar-refractivity contribution in [1.82, 2.24) is 15.0 Å². The number of aryl methyl sites for hydroxylation is 1. The number of nitrogens with zero attached hydrogens (tertiary/aromatic N) is 3. The average Bonchev–Trinajstić information content (AvgIpc) is 2.27. The second-order valence-electron chi connectivity index (χ2n) is 4.42. The zero-order valence-electron chi connectivity index (χ0n) is 9.32. The van der Waals surface area contributed by atoms with Crippen LogP contribution in [0.4, 0.5) is 5.95 Å². The van der Waals surface area contributed by atoms with Gasteiger partial charge in [-0.1, -0.05) is 32.1 Å². The Labute approximate surface area is 101 Å². The molecule has 2 rings (SSSR count). The second-order valence-corrected chi connectivity index (χ2v) is 4.76. The topological polar surface area (TPSA) is 64.7 Å². The summed E-state index contributed by atoms with van der Waals surface area (Å²) in [6.07, 6.45) is 8.80. The molecule has 4 nitrogen and oxygen atoms in total. The molecule has 0 saturated heterocycles. The quantitative estimate of drug-likeness (QED) is 0.882. The summed E-state index contributed by atoms with van der Waals surface area (Å²) in [5, 5.41) is 0.200. The van der Waals surface area contributed by atoms with E-state index in [0.717, 1.165) is 24.6 Å². The molecule has 0 spiro atoms. The molecule has 1 aliphatic carbocycles. The third-order valence-electron chi connectivity index (χ3n) is 3.17. The smallest absolute Gasteiger partial charge is 0.227 e. The van der Waals surface area contributed by atoms with Crippen LogP contribution in [-0.4, -0.2) is 15.0 Å². The molecule has 1 aromatic rings. The van der Waals surface area contributed by atoms with Crippen molar-refractivity contribution in [3.63, 3.8) is 0 Å². The maximum absolute atomic E-state index is 5.73. The normalized spacial score (nSPS) is 17.6. The van der Waals surface area contributed by atoms with E-state index in [-0.39, 0.29) is 11.2 Å². The van der Waals surface area contributed by atoms with Gasteiger partial charge in [0.1, 0.15) is 5.82 Å². The second kappa shape index (κ2) is 5.43. The summed E-state index contributed by atoms with van der Waals surface area (Å²) in [7, 11) is 0. The number of halogens is 1. The lowest BCUT2D eigenvalue weighted by molar-refractivity contribution is 0.337. The Morgan fingerprint density at radius 1 is 1.12 bits per heavy atom. The Morgan fingerprint density at radius 3 is 2.56 bits per heavy atom. The fraction of sp³-hybridized carbons (Fsp3) is 0.727. The standard InChI is InChI=1S/C11H17ClN4/c12-10-14-9(15-11(13)16-10)7-6-8-4-2-1-3-5-8/h8H,1-7H2,(H2,13,14,15,16). The number of nitrogens with two attached hydrogens (primary N) is 1. The van der Waals surface area contributed by atoms with Crippen molar-refractivity contribution in [3.05, 3.63) is 11.1 Å². The molecule has 1 saturated carbocycles. The van der Waals surface area contributed by atoms with Gasteiger partial charge in [0.2, 0.25) is 11.2 Å². The van der Waals surface area contributed by atoms with Gasteiger partial charge in [-0.2, -0.15) is 9.97 Å². The predicted molar refractivity (Wildman–Crippen MR) is 64.1 cm³/mol. The van der Waals surface area contributed by atoms with Crippen molar-refractivity contribution in [1.29, 1.82) is 0 Å². The molecule has 0 amide bonds. The zero-order chi connectivity index (χ0) is 11.4. The van der Waals surface area contributed by atoms with E-state index in [1.54, 1.807) is 0 Å². The van der Waals surface area contributed by atoms with Gasteiger partial charge in [-0.15, -0.1) is 0 Å². The van der Waals surface area contributed by atoms with Gasteiger partial charge in [0.25, 0.3) is 0 Å². The van der Waals surface area contributed by atoms with Crippen LogP contribution in [0.1, 0.15) is 44.3 Å². The van der Waals surface area contributed by atoms with E-state index in [1.807, 2.05) is 0 Å². The van der Waals surface area contributed by atoms with Gasteiger partial charge in [0.15, 0.2) is 0 Å². The predicted octanol–water partition coefficient (Wildman–Crippen LogP) is 2.62. The number of anilines is 1. The van der Waals surface area contributed by atoms with E-state index in [0.29, 0.717) is 0 Å². The molecule has 0 aromatic carbocycles. The minimum Gasteiger partial charge on any atom is -0.368 e. The number of hydrogen-bond donors (Lipinski definition) is 1. The maximum Gasteiger partial charge on any atom is 0.227 e. The molecule has 16 heavy (non-hydrogen) atoms. The van der Waals surface area contributed by atoms with Crippen LogP contribution in [0, 0.1) is 5.92 Å². The van der Waals surface area contributed by atoms with E-state index in [9.17, 15) is 0 Å².